The van der Waals surface area contributed by atoms with Crippen molar-refractivity contribution in [1.82, 2.24) is 4.90 Å². The standard InChI is InChI=1S/C15H16F3NO2/c1-20-12-6-5-10(8-13(12)21-2)9-19-7-3-4-11(16)14(19)15(17)18/h3-6,8,15H,7,9H2,1-2H3. The first-order chi connectivity index (χ1) is 10.1. The van der Waals surface area contributed by atoms with Crippen LogP contribution in [0.4, 0.5) is 13.2 Å². The Morgan fingerprint density at radius 1 is 1.19 bits per heavy atom. The van der Waals surface area contributed by atoms with E-state index < -0.39 is 17.9 Å². The predicted molar refractivity (Wildman–Crippen MR) is 73.2 cm³/mol. The van der Waals surface area contributed by atoms with E-state index in [0.717, 1.165) is 11.6 Å². The molecule has 0 atom stereocenters. The van der Waals surface area contributed by atoms with Crippen molar-refractivity contribution >= 4 is 0 Å². The fraction of sp³-hybridized carbons (Fsp3) is 0.333. The molecular weight excluding hydrogens is 283 g/mol. The van der Waals surface area contributed by atoms with Crippen molar-refractivity contribution in [2.24, 2.45) is 0 Å². The van der Waals surface area contributed by atoms with E-state index in [1.807, 2.05) is 0 Å². The molecule has 0 aromatic heterocycles. The Morgan fingerprint density at radius 2 is 1.90 bits per heavy atom. The Balaban J connectivity index is 2.24. The van der Waals surface area contributed by atoms with E-state index in [2.05, 4.69) is 0 Å². The highest BCUT2D eigenvalue weighted by Crippen LogP contribution is 2.30. The minimum Gasteiger partial charge on any atom is -0.493 e. The highest BCUT2D eigenvalue weighted by molar-refractivity contribution is 5.43. The van der Waals surface area contributed by atoms with Gasteiger partial charge in [0.1, 0.15) is 11.5 Å². The molecule has 1 aromatic rings. The van der Waals surface area contributed by atoms with Gasteiger partial charge in [-0.2, -0.15) is 0 Å². The normalized spacial score (nSPS) is 14.9. The molecule has 0 bridgehead atoms. The molecular formula is C15H16F3NO2. The van der Waals surface area contributed by atoms with Gasteiger partial charge in [-0.25, -0.2) is 13.2 Å². The summed E-state index contributed by atoms with van der Waals surface area (Å²) in [4.78, 5) is 1.31. The second-order valence-electron chi connectivity index (χ2n) is 4.51. The van der Waals surface area contributed by atoms with Gasteiger partial charge < -0.3 is 14.4 Å². The molecule has 1 aliphatic heterocycles. The molecule has 0 unspecified atom stereocenters. The number of nitrogens with zero attached hydrogens (tertiary/aromatic N) is 1. The molecule has 0 saturated carbocycles. The summed E-state index contributed by atoms with van der Waals surface area (Å²) in [6, 6.07) is 5.12. The van der Waals surface area contributed by atoms with Crippen molar-refractivity contribution < 1.29 is 22.6 Å². The molecule has 1 heterocycles. The number of methoxy groups -OCH3 is 2. The molecule has 3 nitrogen and oxygen atoms in total. The van der Waals surface area contributed by atoms with Crippen LogP contribution in [-0.4, -0.2) is 32.1 Å². The van der Waals surface area contributed by atoms with Gasteiger partial charge in [-0.1, -0.05) is 12.1 Å². The lowest BCUT2D eigenvalue weighted by atomic mass is 10.1. The van der Waals surface area contributed by atoms with Gasteiger partial charge in [-0.15, -0.1) is 0 Å². The fourth-order valence-corrected chi connectivity index (χ4v) is 2.21. The Labute approximate surface area is 121 Å². The van der Waals surface area contributed by atoms with Gasteiger partial charge in [-0.3, -0.25) is 0 Å². The van der Waals surface area contributed by atoms with Crippen LogP contribution in [0.5, 0.6) is 11.5 Å². The van der Waals surface area contributed by atoms with Crippen molar-refractivity contribution in [3.05, 3.63) is 47.4 Å². The zero-order valence-electron chi connectivity index (χ0n) is 11.8. The minimum atomic E-state index is -2.85. The molecule has 1 aromatic carbocycles. The van der Waals surface area contributed by atoms with Crippen LogP contribution in [0.1, 0.15) is 5.56 Å². The Morgan fingerprint density at radius 3 is 2.52 bits per heavy atom. The molecule has 1 aliphatic rings. The molecule has 0 spiro atoms. The molecule has 2 rings (SSSR count). The van der Waals surface area contributed by atoms with Gasteiger partial charge >= 0.3 is 0 Å². The summed E-state index contributed by atoms with van der Waals surface area (Å²) in [5.74, 6) is 0.165. The molecule has 0 fully saturated rings. The maximum absolute atomic E-state index is 13.5. The van der Waals surface area contributed by atoms with Crippen molar-refractivity contribution in [3.63, 3.8) is 0 Å². The number of hydrogen-bond donors (Lipinski definition) is 0. The van der Waals surface area contributed by atoms with Crippen LogP contribution in [-0.2, 0) is 6.54 Å². The Bertz CT molecular complexity index is 570. The molecule has 6 heteroatoms. The number of rotatable bonds is 5. The SMILES string of the molecule is COc1ccc(CN2CC=CC(F)=C2C(F)F)cc1OC. The van der Waals surface area contributed by atoms with E-state index in [9.17, 15) is 13.2 Å². The van der Waals surface area contributed by atoms with Gasteiger partial charge in [0.15, 0.2) is 11.5 Å². The molecule has 0 amide bonds. The first-order valence-corrected chi connectivity index (χ1v) is 6.37. The number of hydrogen-bond acceptors (Lipinski definition) is 3. The molecule has 0 saturated heterocycles. The van der Waals surface area contributed by atoms with Crippen LogP contribution in [0.2, 0.25) is 0 Å². The van der Waals surface area contributed by atoms with Gasteiger partial charge in [-0.05, 0) is 23.8 Å². The zero-order valence-corrected chi connectivity index (χ0v) is 11.8. The third kappa shape index (κ3) is 3.32. The summed E-state index contributed by atoms with van der Waals surface area (Å²) < 4.78 is 49.8. The third-order valence-corrected chi connectivity index (χ3v) is 3.20. The van der Waals surface area contributed by atoms with E-state index in [1.165, 1.54) is 25.2 Å². The summed E-state index contributed by atoms with van der Waals surface area (Å²) >= 11 is 0. The van der Waals surface area contributed by atoms with E-state index in [-0.39, 0.29) is 13.1 Å². The summed E-state index contributed by atoms with van der Waals surface area (Å²) in [5, 5.41) is 0. The smallest absolute Gasteiger partial charge is 0.281 e. The lowest BCUT2D eigenvalue weighted by Crippen LogP contribution is -2.29. The lowest BCUT2D eigenvalue weighted by Gasteiger charge is -2.28. The monoisotopic (exact) mass is 299 g/mol. The fourth-order valence-electron chi connectivity index (χ4n) is 2.21. The van der Waals surface area contributed by atoms with E-state index >= 15 is 0 Å². The van der Waals surface area contributed by atoms with E-state index in [4.69, 9.17) is 9.47 Å². The molecule has 0 radical (unpaired) electrons. The first-order valence-electron chi connectivity index (χ1n) is 6.37. The van der Waals surface area contributed by atoms with Crippen molar-refractivity contribution in [2.75, 3.05) is 20.8 Å². The molecule has 0 aliphatic carbocycles. The summed E-state index contributed by atoms with van der Waals surface area (Å²) in [6.07, 6.45) is -0.260. The Hall–Kier alpha value is -2.11. The summed E-state index contributed by atoms with van der Waals surface area (Å²) in [7, 11) is 3.01. The summed E-state index contributed by atoms with van der Waals surface area (Å²) in [6.45, 7) is 0.402. The lowest BCUT2D eigenvalue weighted by molar-refractivity contribution is 0.134. The van der Waals surface area contributed by atoms with Crippen molar-refractivity contribution in [2.45, 2.75) is 13.0 Å². The van der Waals surface area contributed by atoms with Crippen LogP contribution in [0.3, 0.4) is 0 Å². The van der Waals surface area contributed by atoms with Crippen LogP contribution in [0, 0.1) is 0 Å². The van der Waals surface area contributed by atoms with Crippen molar-refractivity contribution in [3.8, 4) is 11.5 Å². The average molecular weight is 299 g/mol. The van der Waals surface area contributed by atoms with Gasteiger partial charge in [0.2, 0.25) is 0 Å². The second kappa shape index (κ2) is 6.56. The third-order valence-electron chi connectivity index (χ3n) is 3.20. The molecule has 114 valence electrons. The first kappa shape index (κ1) is 15.3. The highest BCUT2D eigenvalue weighted by Gasteiger charge is 2.25. The second-order valence-corrected chi connectivity index (χ2v) is 4.51. The quantitative estimate of drug-likeness (QED) is 0.830. The Kier molecular flexibility index (Phi) is 4.77. The van der Waals surface area contributed by atoms with Gasteiger partial charge in [0.05, 0.1) is 14.2 Å². The van der Waals surface area contributed by atoms with Gasteiger partial charge in [0, 0.05) is 13.1 Å². The van der Waals surface area contributed by atoms with Crippen molar-refractivity contribution in [1.29, 1.82) is 0 Å². The van der Waals surface area contributed by atoms with Gasteiger partial charge in [0.25, 0.3) is 6.43 Å². The van der Waals surface area contributed by atoms with Crippen LogP contribution in [0.15, 0.2) is 41.9 Å². The minimum absolute atomic E-state index is 0.164. The maximum atomic E-state index is 13.5. The number of alkyl halides is 2. The van der Waals surface area contributed by atoms with Crippen LogP contribution < -0.4 is 9.47 Å². The zero-order chi connectivity index (χ0) is 15.4. The number of benzene rings is 1. The maximum Gasteiger partial charge on any atom is 0.281 e. The van der Waals surface area contributed by atoms with E-state index in [1.54, 1.807) is 18.2 Å². The topological polar surface area (TPSA) is 21.7 Å². The number of ether oxygens (including phenoxy) is 2. The number of halogens is 3. The summed E-state index contributed by atoms with van der Waals surface area (Å²) in [5.41, 5.74) is 0.154. The molecule has 21 heavy (non-hydrogen) atoms. The number of allylic oxidation sites excluding steroid dienone is 3. The molecule has 0 N–H and O–H groups in total. The van der Waals surface area contributed by atoms with Crippen LogP contribution >= 0.6 is 0 Å². The van der Waals surface area contributed by atoms with E-state index in [0.29, 0.717) is 11.5 Å². The highest BCUT2D eigenvalue weighted by atomic mass is 19.3. The predicted octanol–water partition coefficient (Wildman–Crippen LogP) is 3.52. The average Bonchev–Trinajstić information content (AvgIpc) is 2.46. The van der Waals surface area contributed by atoms with Crippen LogP contribution in [0.25, 0.3) is 0 Å². The largest absolute Gasteiger partial charge is 0.493 e.